The molecule has 0 radical (unpaired) electrons. The summed E-state index contributed by atoms with van der Waals surface area (Å²) in [6, 6.07) is 10.6. The number of fused-ring (bicyclic) bond motifs is 5. The number of rotatable bonds is 1. The van der Waals surface area contributed by atoms with Gasteiger partial charge in [0.2, 0.25) is 0 Å². The molecule has 2 atom stereocenters. The first-order valence-corrected chi connectivity index (χ1v) is 7.98. The minimum absolute atomic E-state index is 0. The van der Waals surface area contributed by atoms with Crippen molar-refractivity contribution in [3.63, 3.8) is 0 Å². The summed E-state index contributed by atoms with van der Waals surface area (Å²) in [7, 11) is 0. The van der Waals surface area contributed by atoms with Gasteiger partial charge < -0.3 is 4.74 Å². The van der Waals surface area contributed by atoms with Crippen molar-refractivity contribution >= 4 is 23.4 Å². The lowest BCUT2D eigenvalue weighted by molar-refractivity contribution is 0.0316. The molecule has 1 saturated heterocycles. The number of halogens is 2. The monoisotopic (exact) mass is 342 g/mol. The van der Waals surface area contributed by atoms with Gasteiger partial charge in [-0.1, -0.05) is 12.1 Å². The Morgan fingerprint density at radius 3 is 2.75 bits per heavy atom. The zero-order valence-corrected chi connectivity index (χ0v) is 13.7. The fourth-order valence-electron chi connectivity index (χ4n) is 3.87. The van der Waals surface area contributed by atoms with Crippen LogP contribution in [-0.2, 0) is 11.2 Å². The number of pyridine rings is 2. The maximum absolute atomic E-state index is 13.4. The van der Waals surface area contributed by atoms with Crippen molar-refractivity contribution in [2.24, 2.45) is 0 Å². The molecule has 2 aliphatic heterocycles. The second-order valence-electron chi connectivity index (χ2n) is 6.26. The summed E-state index contributed by atoms with van der Waals surface area (Å²) in [5.74, 6) is -0.226. The van der Waals surface area contributed by atoms with Gasteiger partial charge in [0.25, 0.3) is 0 Å². The largest absolute Gasteiger partial charge is 0.370 e. The Balaban J connectivity index is 0.00000146. The third-order valence-corrected chi connectivity index (χ3v) is 4.86. The Morgan fingerprint density at radius 2 is 1.92 bits per heavy atom. The fourth-order valence-corrected chi connectivity index (χ4v) is 3.87. The molecule has 3 aromatic rings. The minimum Gasteiger partial charge on any atom is -0.370 e. The molecule has 0 aliphatic carbocycles. The molecule has 2 aliphatic rings. The summed E-state index contributed by atoms with van der Waals surface area (Å²) in [6.07, 6.45) is 5.09. The van der Waals surface area contributed by atoms with Gasteiger partial charge in [0.05, 0.1) is 17.9 Å². The van der Waals surface area contributed by atoms with Gasteiger partial charge in [-0.05, 0) is 42.7 Å². The highest BCUT2D eigenvalue weighted by Crippen LogP contribution is 2.46. The summed E-state index contributed by atoms with van der Waals surface area (Å²) in [5, 5.41) is 1.01. The van der Waals surface area contributed by atoms with E-state index in [-0.39, 0.29) is 30.4 Å². The predicted octanol–water partition coefficient (Wildman–Crippen LogP) is 4.63. The van der Waals surface area contributed by atoms with Gasteiger partial charge in [-0.2, -0.15) is 0 Å². The summed E-state index contributed by atoms with van der Waals surface area (Å²) < 4.78 is 19.5. The Bertz CT molecular complexity index is 913. The van der Waals surface area contributed by atoms with Crippen LogP contribution in [0.15, 0.2) is 42.6 Å². The molecule has 0 amide bonds. The number of ether oxygens (including phenoxy) is 1. The van der Waals surface area contributed by atoms with Gasteiger partial charge in [-0.3, -0.25) is 0 Å². The van der Waals surface area contributed by atoms with E-state index in [1.165, 1.54) is 17.7 Å². The molecule has 0 saturated carbocycles. The van der Waals surface area contributed by atoms with Crippen LogP contribution in [0.4, 0.5) is 4.39 Å². The highest BCUT2D eigenvalue weighted by atomic mass is 35.5. The zero-order chi connectivity index (χ0) is 15.4. The Kier molecular flexibility index (Phi) is 3.74. The second-order valence-corrected chi connectivity index (χ2v) is 6.26. The highest BCUT2D eigenvalue weighted by Gasteiger charge is 2.37. The molecule has 2 aromatic heterocycles. The molecule has 1 aromatic carbocycles. The Morgan fingerprint density at radius 1 is 1.08 bits per heavy atom. The van der Waals surface area contributed by atoms with Crippen LogP contribution in [0, 0.1) is 5.82 Å². The van der Waals surface area contributed by atoms with E-state index in [4.69, 9.17) is 9.72 Å². The van der Waals surface area contributed by atoms with Crippen molar-refractivity contribution in [1.29, 1.82) is 0 Å². The lowest BCUT2D eigenvalue weighted by Gasteiger charge is -2.26. The lowest BCUT2D eigenvalue weighted by Crippen LogP contribution is -2.20. The Labute approximate surface area is 145 Å². The smallest absolute Gasteiger partial charge is 0.160 e. The van der Waals surface area contributed by atoms with Gasteiger partial charge in [0, 0.05) is 29.1 Å². The standard InChI is InChI=1S/C19H15FN2O.ClH/c20-12-5-3-11(4-6-12)17-14-2-1-9-21-19(14)22-15-10-13-7-8-16(23-13)18(15)17;/h1-6,9,13,16H,7-8,10H2;1H. The van der Waals surface area contributed by atoms with Gasteiger partial charge in [0.15, 0.2) is 5.65 Å². The Hall–Kier alpha value is -2.04. The van der Waals surface area contributed by atoms with Crippen molar-refractivity contribution < 1.29 is 9.13 Å². The molecular weight excluding hydrogens is 327 g/mol. The number of aromatic nitrogens is 2. The number of hydrogen-bond donors (Lipinski definition) is 0. The summed E-state index contributed by atoms with van der Waals surface area (Å²) in [5.41, 5.74) is 5.12. The lowest BCUT2D eigenvalue weighted by atomic mass is 9.90. The van der Waals surface area contributed by atoms with Crippen molar-refractivity contribution in [1.82, 2.24) is 9.97 Å². The van der Waals surface area contributed by atoms with Crippen LogP contribution in [0.1, 0.15) is 30.2 Å². The second kappa shape index (κ2) is 5.80. The molecule has 1 fully saturated rings. The van der Waals surface area contributed by atoms with Crippen molar-refractivity contribution in [2.75, 3.05) is 0 Å². The molecule has 4 heterocycles. The maximum atomic E-state index is 13.4. The van der Waals surface area contributed by atoms with Gasteiger partial charge >= 0.3 is 0 Å². The van der Waals surface area contributed by atoms with E-state index in [9.17, 15) is 4.39 Å². The average Bonchev–Trinajstić information content (AvgIpc) is 2.96. The average molecular weight is 343 g/mol. The van der Waals surface area contributed by atoms with E-state index in [1.807, 2.05) is 24.3 Å². The number of benzene rings is 1. The van der Waals surface area contributed by atoms with Crippen LogP contribution < -0.4 is 0 Å². The van der Waals surface area contributed by atoms with Gasteiger partial charge in [-0.15, -0.1) is 12.4 Å². The van der Waals surface area contributed by atoms with E-state index < -0.39 is 0 Å². The van der Waals surface area contributed by atoms with Crippen molar-refractivity contribution in [2.45, 2.75) is 31.5 Å². The topological polar surface area (TPSA) is 35.0 Å². The van der Waals surface area contributed by atoms with Crippen molar-refractivity contribution in [3.05, 3.63) is 59.7 Å². The highest BCUT2D eigenvalue weighted by molar-refractivity contribution is 5.95. The van der Waals surface area contributed by atoms with Crippen LogP contribution >= 0.6 is 12.4 Å². The van der Waals surface area contributed by atoms with Crippen LogP contribution in [0.5, 0.6) is 0 Å². The number of hydrogen-bond acceptors (Lipinski definition) is 3. The van der Waals surface area contributed by atoms with E-state index in [0.29, 0.717) is 0 Å². The normalized spacial score (nSPS) is 21.4. The summed E-state index contributed by atoms with van der Waals surface area (Å²) >= 11 is 0. The molecule has 3 nitrogen and oxygen atoms in total. The summed E-state index contributed by atoms with van der Waals surface area (Å²) in [6.45, 7) is 0. The van der Waals surface area contributed by atoms with Crippen LogP contribution in [0.2, 0.25) is 0 Å². The third kappa shape index (κ3) is 2.29. The SMILES string of the molecule is Cl.Fc1ccc(-c2c3c(nc4ncccc24)CC2CCC3O2)cc1. The molecule has 2 unspecified atom stereocenters. The van der Waals surface area contributed by atoms with E-state index in [1.54, 1.807) is 6.20 Å². The first-order chi connectivity index (χ1) is 11.3. The molecule has 24 heavy (non-hydrogen) atoms. The van der Waals surface area contributed by atoms with Crippen LogP contribution in [0.25, 0.3) is 22.2 Å². The van der Waals surface area contributed by atoms with Crippen LogP contribution in [-0.4, -0.2) is 16.1 Å². The van der Waals surface area contributed by atoms with E-state index in [0.717, 1.165) is 47.1 Å². The third-order valence-electron chi connectivity index (χ3n) is 4.86. The molecule has 5 heteroatoms. The minimum atomic E-state index is -0.226. The predicted molar refractivity (Wildman–Crippen MR) is 92.7 cm³/mol. The maximum Gasteiger partial charge on any atom is 0.160 e. The molecule has 2 bridgehead atoms. The molecule has 0 spiro atoms. The van der Waals surface area contributed by atoms with E-state index >= 15 is 0 Å². The first kappa shape index (κ1) is 15.5. The quantitative estimate of drug-likeness (QED) is 0.646. The number of nitrogens with zero attached hydrogens (tertiary/aromatic N) is 2. The van der Waals surface area contributed by atoms with Gasteiger partial charge in [0.1, 0.15) is 5.82 Å². The van der Waals surface area contributed by atoms with E-state index in [2.05, 4.69) is 4.98 Å². The van der Waals surface area contributed by atoms with Gasteiger partial charge in [-0.25, -0.2) is 14.4 Å². The van der Waals surface area contributed by atoms with Crippen molar-refractivity contribution in [3.8, 4) is 11.1 Å². The molecule has 122 valence electrons. The summed E-state index contributed by atoms with van der Waals surface area (Å²) in [4.78, 5) is 9.23. The first-order valence-electron chi connectivity index (χ1n) is 7.98. The molecule has 0 N–H and O–H groups in total. The molecular formula is C19H16ClFN2O. The van der Waals surface area contributed by atoms with Crippen LogP contribution in [0.3, 0.4) is 0 Å². The fraction of sp³-hybridized carbons (Fsp3) is 0.263. The molecule has 5 rings (SSSR count). The zero-order valence-electron chi connectivity index (χ0n) is 12.9.